The lowest BCUT2D eigenvalue weighted by Crippen LogP contribution is -2.39. The van der Waals surface area contributed by atoms with Gasteiger partial charge in [-0.3, -0.25) is 9.69 Å². The summed E-state index contributed by atoms with van der Waals surface area (Å²) in [6, 6.07) is 12.4. The number of amides is 1. The van der Waals surface area contributed by atoms with E-state index in [1.165, 1.54) is 0 Å². The quantitative estimate of drug-likeness (QED) is 0.820. The molecule has 0 bridgehead atoms. The maximum absolute atomic E-state index is 12.4. The Morgan fingerprint density at radius 3 is 2.50 bits per heavy atom. The van der Waals surface area contributed by atoms with E-state index in [9.17, 15) is 4.79 Å². The number of carbonyl (C=O) groups excluding carboxylic acids is 1. The summed E-state index contributed by atoms with van der Waals surface area (Å²) >= 11 is 12.2. The predicted molar refractivity (Wildman–Crippen MR) is 99.0 cm³/mol. The van der Waals surface area contributed by atoms with E-state index in [-0.39, 0.29) is 11.9 Å². The van der Waals surface area contributed by atoms with E-state index in [1.807, 2.05) is 31.0 Å². The maximum atomic E-state index is 12.4. The number of halogens is 2. The molecule has 0 radical (unpaired) electrons. The largest absolute Gasteiger partial charge is 0.497 e. The minimum absolute atomic E-state index is 0.0965. The minimum Gasteiger partial charge on any atom is -0.497 e. The number of benzene rings is 2. The van der Waals surface area contributed by atoms with Crippen molar-refractivity contribution < 1.29 is 9.53 Å². The molecule has 128 valence electrons. The van der Waals surface area contributed by atoms with Crippen molar-refractivity contribution in [1.29, 1.82) is 0 Å². The van der Waals surface area contributed by atoms with Crippen molar-refractivity contribution in [3.05, 3.63) is 58.1 Å². The van der Waals surface area contributed by atoms with E-state index in [0.29, 0.717) is 16.6 Å². The first kappa shape index (κ1) is 18.6. The molecule has 1 atom stereocenters. The summed E-state index contributed by atoms with van der Waals surface area (Å²) in [7, 11) is 3.47. The molecule has 0 saturated heterocycles. The van der Waals surface area contributed by atoms with Crippen molar-refractivity contribution in [3.8, 4) is 5.75 Å². The highest BCUT2D eigenvalue weighted by Gasteiger charge is 2.19. The lowest BCUT2D eigenvalue weighted by molar-refractivity contribution is -0.120. The van der Waals surface area contributed by atoms with Gasteiger partial charge in [-0.15, -0.1) is 0 Å². The number of hydrogen-bond acceptors (Lipinski definition) is 3. The summed E-state index contributed by atoms with van der Waals surface area (Å²) in [5.74, 6) is 0.648. The third-order valence-corrected chi connectivity index (χ3v) is 4.71. The Kier molecular flexibility index (Phi) is 6.49. The van der Waals surface area contributed by atoms with Crippen LogP contribution in [0.15, 0.2) is 42.5 Å². The summed E-state index contributed by atoms with van der Waals surface area (Å²) in [5.41, 5.74) is 1.61. The zero-order valence-electron chi connectivity index (χ0n) is 13.8. The van der Waals surface area contributed by atoms with Crippen molar-refractivity contribution in [1.82, 2.24) is 4.90 Å². The number of ether oxygens (including phenoxy) is 1. The second-order valence-corrected chi connectivity index (χ2v) is 6.31. The Labute approximate surface area is 152 Å². The first-order chi connectivity index (χ1) is 11.4. The van der Waals surface area contributed by atoms with Crippen LogP contribution >= 0.6 is 23.2 Å². The molecule has 0 aromatic heterocycles. The molecule has 0 fully saturated rings. The SMILES string of the molecule is COc1ccc(NC(=O)[C@H](C)N(C)Cc2cccc(Cl)c2Cl)cc1. The number of rotatable bonds is 6. The Balaban J connectivity index is 1.99. The lowest BCUT2D eigenvalue weighted by Gasteiger charge is -2.24. The van der Waals surface area contributed by atoms with Gasteiger partial charge in [0.2, 0.25) is 5.91 Å². The van der Waals surface area contributed by atoms with Crippen LogP contribution in [0.2, 0.25) is 10.0 Å². The van der Waals surface area contributed by atoms with Gasteiger partial charge in [-0.25, -0.2) is 0 Å². The van der Waals surface area contributed by atoms with E-state index >= 15 is 0 Å². The number of likely N-dealkylation sites (N-methyl/N-ethyl adjacent to an activating group) is 1. The molecule has 0 heterocycles. The van der Waals surface area contributed by atoms with Gasteiger partial charge < -0.3 is 10.1 Å². The Morgan fingerprint density at radius 1 is 1.21 bits per heavy atom. The summed E-state index contributed by atoms with van der Waals surface area (Å²) in [6.07, 6.45) is 0. The Bertz CT molecular complexity index is 705. The highest BCUT2D eigenvalue weighted by molar-refractivity contribution is 6.42. The third kappa shape index (κ3) is 4.63. The van der Waals surface area contributed by atoms with E-state index in [4.69, 9.17) is 27.9 Å². The normalized spacial score (nSPS) is 12.1. The number of carbonyl (C=O) groups is 1. The van der Waals surface area contributed by atoms with Crippen LogP contribution in [0.3, 0.4) is 0 Å². The predicted octanol–water partition coefficient (Wildman–Crippen LogP) is 4.46. The van der Waals surface area contributed by atoms with Gasteiger partial charge >= 0.3 is 0 Å². The van der Waals surface area contributed by atoms with Gasteiger partial charge in [0.25, 0.3) is 0 Å². The molecule has 6 heteroatoms. The molecule has 0 aliphatic carbocycles. The van der Waals surface area contributed by atoms with Gasteiger partial charge in [0.15, 0.2) is 0 Å². The topological polar surface area (TPSA) is 41.6 Å². The van der Waals surface area contributed by atoms with Gasteiger partial charge in [0.1, 0.15) is 5.75 Å². The second-order valence-electron chi connectivity index (χ2n) is 5.52. The molecule has 24 heavy (non-hydrogen) atoms. The molecule has 2 aromatic carbocycles. The van der Waals surface area contributed by atoms with Gasteiger partial charge in [-0.2, -0.15) is 0 Å². The fourth-order valence-electron chi connectivity index (χ4n) is 2.20. The van der Waals surface area contributed by atoms with Crippen molar-refractivity contribution in [3.63, 3.8) is 0 Å². The van der Waals surface area contributed by atoms with Crippen LogP contribution in [0.4, 0.5) is 5.69 Å². The maximum Gasteiger partial charge on any atom is 0.241 e. The van der Waals surface area contributed by atoms with Crippen LogP contribution in [0, 0.1) is 0 Å². The molecule has 1 amide bonds. The van der Waals surface area contributed by atoms with Gasteiger partial charge in [-0.1, -0.05) is 35.3 Å². The first-order valence-electron chi connectivity index (χ1n) is 7.50. The first-order valence-corrected chi connectivity index (χ1v) is 8.26. The summed E-state index contributed by atoms with van der Waals surface area (Å²) in [5, 5.41) is 3.92. The van der Waals surface area contributed by atoms with Crippen LogP contribution in [-0.4, -0.2) is 31.0 Å². The fraction of sp³-hybridized carbons (Fsp3) is 0.278. The molecule has 0 spiro atoms. The minimum atomic E-state index is -0.331. The summed E-state index contributed by atoms with van der Waals surface area (Å²) in [4.78, 5) is 14.3. The van der Waals surface area contributed by atoms with E-state index in [1.54, 1.807) is 37.4 Å². The van der Waals surface area contributed by atoms with E-state index in [0.717, 1.165) is 17.0 Å². The van der Waals surface area contributed by atoms with Crippen molar-refractivity contribution in [2.75, 3.05) is 19.5 Å². The van der Waals surface area contributed by atoms with Gasteiger partial charge in [0, 0.05) is 12.2 Å². The van der Waals surface area contributed by atoms with E-state index in [2.05, 4.69) is 5.32 Å². The number of methoxy groups -OCH3 is 1. The van der Waals surface area contributed by atoms with Crippen LogP contribution in [0.1, 0.15) is 12.5 Å². The number of nitrogens with one attached hydrogen (secondary N) is 1. The van der Waals surface area contributed by atoms with Crippen LogP contribution in [0.5, 0.6) is 5.75 Å². The highest BCUT2D eigenvalue weighted by atomic mass is 35.5. The lowest BCUT2D eigenvalue weighted by atomic mass is 10.2. The van der Waals surface area contributed by atoms with Crippen LogP contribution < -0.4 is 10.1 Å². The standard InChI is InChI=1S/C18H20Cl2N2O2/c1-12(18(23)21-14-7-9-15(24-3)10-8-14)22(2)11-13-5-4-6-16(19)17(13)20/h4-10,12H,11H2,1-3H3,(H,21,23)/t12-/m0/s1. The van der Waals surface area contributed by atoms with Gasteiger partial charge in [-0.05, 0) is 49.9 Å². The number of nitrogens with zero attached hydrogens (tertiary/aromatic N) is 1. The van der Waals surface area contributed by atoms with Crippen molar-refractivity contribution >= 4 is 34.8 Å². The van der Waals surface area contributed by atoms with E-state index < -0.39 is 0 Å². The van der Waals surface area contributed by atoms with Crippen molar-refractivity contribution in [2.45, 2.75) is 19.5 Å². The Morgan fingerprint density at radius 2 is 1.88 bits per heavy atom. The smallest absolute Gasteiger partial charge is 0.241 e. The monoisotopic (exact) mass is 366 g/mol. The molecular formula is C18H20Cl2N2O2. The molecule has 2 rings (SSSR count). The summed E-state index contributed by atoms with van der Waals surface area (Å²) < 4.78 is 5.10. The molecule has 0 unspecified atom stereocenters. The third-order valence-electron chi connectivity index (χ3n) is 3.85. The van der Waals surface area contributed by atoms with Crippen LogP contribution in [0.25, 0.3) is 0 Å². The zero-order valence-corrected chi connectivity index (χ0v) is 15.4. The van der Waals surface area contributed by atoms with Gasteiger partial charge in [0.05, 0.1) is 23.2 Å². The average molecular weight is 367 g/mol. The van der Waals surface area contributed by atoms with Crippen molar-refractivity contribution in [2.24, 2.45) is 0 Å². The second kappa shape index (κ2) is 8.38. The number of anilines is 1. The average Bonchev–Trinajstić information content (AvgIpc) is 2.58. The molecule has 4 nitrogen and oxygen atoms in total. The molecule has 0 aliphatic heterocycles. The molecule has 0 saturated carbocycles. The molecule has 0 aliphatic rings. The highest BCUT2D eigenvalue weighted by Crippen LogP contribution is 2.26. The number of hydrogen-bond donors (Lipinski definition) is 1. The molecular weight excluding hydrogens is 347 g/mol. The zero-order chi connectivity index (χ0) is 17.7. The van der Waals surface area contributed by atoms with Crippen LogP contribution in [-0.2, 0) is 11.3 Å². The Hall–Kier alpha value is -1.75. The summed E-state index contributed by atoms with van der Waals surface area (Å²) in [6.45, 7) is 2.37. The molecule has 2 aromatic rings. The fourth-order valence-corrected chi connectivity index (χ4v) is 2.58. The molecule has 1 N–H and O–H groups in total.